The van der Waals surface area contributed by atoms with Crippen molar-refractivity contribution in [3.8, 4) is 22.3 Å². The van der Waals surface area contributed by atoms with Crippen molar-refractivity contribution in [1.29, 1.82) is 0 Å². The topological polar surface area (TPSA) is 0 Å². The minimum atomic E-state index is -0.205. The Bertz CT molecular complexity index is 2000. The molecular formula is C34H22. The summed E-state index contributed by atoms with van der Waals surface area (Å²) in [5, 5.41) is 7.51. The molecule has 0 saturated carbocycles. The molecule has 0 N–H and O–H groups in total. The van der Waals surface area contributed by atoms with Gasteiger partial charge in [-0.2, -0.15) is 0 Å². The molecule has 0 spiro atoms. The molecule has 0 aromatic heterocycles. The maximum absolute atomic E-state index is 8.68. The van der Waals surface area contributed by atoms with Crippen molar-refractivity contribution in [3.63, 3.8) is 0 Å². The highest BCUT2D eigenvalue weighted by Crippen LogP contribution is 2.44. The van der Waals surface area contributed by atoms with Crippen LogP contribution in [0, 0.1) is 0 Å². The molecule has 0 heteroatoms. The van der Waals surface area contributed by atoms with E-state index in [1.54, 1.807) is 6.07 Å². The predicted molar refractivity (Wildman–Crippen MR) is 147 cm³/mol. The summed E-state index contributed by atoms with van der Waals surface area (Å²) in [6, 6.07) is 37.1. The van der Waals surface area contributed by atoms with E-state index in [0.29, 0.717) is 10.8 Å². The highest BCUT2D eigenvalue weighted by molar-refractivity contribution is 6.22. The minimum Gasteiger partial charge on any atom is -0.0622 e. The molecule has 0 atom stereocenters. The zero-order chi connectivity index (χ0) is 26.0. The lowest BCUT2D eigenvalue weighted by Gasteiger charge is -2.18. The molecule has 0 unspecified atom stereocenters. The van der Waals surface area contributed by atoms with Gasteiger partial charge in [0.1, 0.15) is 0 Å². The molecule has 0 amide bonds. The number of benzene rings is 7. The van der Waals surface area contributed by atoms with E-state index in [9.17, 15) is 0 Å². The smallest absolute Gasteiger partial charge is 0.0622 e. The summed E-state index contributed by atoms with van der Waals surface area (Å²) < 4.78 is 33.5. The van der Waals surface area contributed by atoms with Gasteiger partial charge in [0.2, 0.25) is 0 Å². The lowest BCUT2D eigenvalue weighted by molar-refractivity contribution is 1.66. The van der Waals surface area contributed by atoms with Crippen LogP contribution >= 0.6 is 0 Å². The molecule has 7 rings (SSSR count). The van der Waals surface area contributed by atoms with E-state index in [1.165, 1.54) is 21.9 Å². The van der Waals surface area contributed by atoms with Crippen LogP contribution in [-0.4, -0.2) is 0 Å². The summed E-state index contributed by atoms with van der Waals surface area (Å²) in [5.41, 5.74) is 4.52. The normalized spacial score (nSPS) is 13.2. The van der Waals surface area contributed by atoms with Gasteiger partial charge in [0.15, 0.2) is 0 Å². The van der Waals surface area contributed by atoms with Crippen LogP contribution in [0.3, 0.4) is 0 Å². The molecule has 0 saturated heterocycles. The third-order valence-corrected chi connectivity index (χ3v) is 6.75. The van der Waals surface area contributed by atoms with E-state index < -0.39 is 0 Å². The van der Waals surface area contributed by atoms with E-state index in [4.69, 9.17) is 5.48 Å². The second-order valence-electron chi connectivity index (χ2n) is 8.63. The highest BCUT2D eigenvalue weighted by atomic mass is 14.2. The average molecular weight is 435 g/mol. The Morgan fingerprint density at radius 3 is 1.59 bits per heavy atom. The first-order chi connectivity index (χ1) is 18.5. The Kier molecular flexibility index (Phi) is 3.44. The Balaban J connectivity index is 1.63. The summed E-state index contributed by atoms with van der Waals surface area (Å²) in [6.45, 7) is 0. The molecule has 0 nitrogen and oxygen atoms in total. The van der Waals surface area contributed by atoms with Crippen molar-refractivity contribution in [2.24, 2.45) is 0 Å². The minimum absolute atomic E-state index is 0.00195. The number of hydrogen-bond donors (Lipinski definition) is 0. The Morgan fingerprint density at radius 1 is 0.382 bits per heavy atom. The van der Waals surface area contributed by atoms with Gasteiger partial charge in [-0.15, -0.1) is 0 Å². The second kappa shape index (κ2) is 7.57. The molecule has 0 aliphatic rings. The number of hydrogen-bond acceptors (Lipinski definition) is 0. The molecule has 34 heavy (non-hydrogen) atoms. The van der Waals surface area contributed by atoms with Crippen molar-refractivity contribution in [2.45, 2.75) is 0 Å². The molecule has 0 aliphatic carbocycles. The highest BCUT2D eigenvalue weighted by Gasteiger charge is 2.16. The largest absolute Gasteiger partial charge is 0.0629 e. The standard InChI is InChI=1S/C34H22/c1-2-11-25(12-3-1)33-28-14-6-8-16-30(28)34(31-17-9-7-15-29(31)33)26-21-20-24-19-18-23-10-4-5-13-27(23)32(24)22-26/h1-22H/i4D,5D,10D,13D. The number of fused-ring (bicyclic) bond motifs is 5. The van der Waals surface area contributed by atoms with Crippen LogP contribution in [0.4, 0.5) is 0 Å². The van der Waals surface area contributed by atoms with Gasteiger partial charge in [-0.25, -0.2) is 0 Å². The SMILES string of the molecule is [2H]c1c([2H])c([2H])c2c(ccc3ccc(-c4c5ccccc5c(-c5ccccc5)c5ccccc45)cc32)c1[2H]. The van der Waals surface area contributed by atoms with E-state index >= 15 is 0 Å². The van der Waals surface area contributed by atoms with Crippen LogP contribution in [0.5, 0.6) is 0 Å². The summed E-state index contributed by atoms with van der Waals surface area (Å²) in [5.74, 6) is 0. The maximum atomic E-state index is 8.68. The van der Waals surface area contributed by atoms with Gasteiger partial charge >= 0.3 is 0 Å². The summed E-state index contributed by atoms with van der Waals surface area (Å²) in [6.07, 6.45) is 0. The van der Waals surface area contributed by atoms with Crippen molar-refractivity contribution in [3.05, 3.63) is 133 Å². The van der Waals surface area contributed by atoms with E-state index in [1.807, 2.05) is 12.1 Å². The Hall–Kier alpha value is -4.42. The van der Waals surface area contributed by atoms with Gasteiger partial charge in [0.05, 0.1) is 5.48 Å². The third-order valence-electron chi connectivity index (χ3n) is 6.75. The van der Waals surface area contributed by atoms with E-state index in [2.05, 4.69) is 91.0 Å². The Morgan fingerprint density at radius 2 is 0.912 bits per heavy atom. The summed E-state index contributed by atoms with van der Waals surface area (Å²) in [4.78, 5) is 0. The first kappa shape index (κ1) is 15.4. The van der Waals surface area contributed by atoms with Gasteiger partial charge in [0.25, 0.3) is 0 Å². The zero-order valence-electron chi connectivity index (χ0n) is 22.4. The van der Waals surface area contributed by atoms with Gasteiger partial charge in [0, 0.05) is 0 Å². The van der Waals surface area contributed by atoms with Gasteiger partial charge in [-0.3, -0.25) is 0 Å². The predicted octanol–water partition coefficient (Wildman–Crippen LogP) is 9.63. The van der Waals surface area contributed by atoms with E-state index in [-0.39, 0.29) is 24.2 Å². The zero-order valence-corrected chi connectivity index (χ0v) is 18.4. The fourth-order valence-electron chi connectivity index (χ4n) is 5.26. The lowest BCUT2D eigenvalue weighted by atomic mass is 9.85. The van der Waals surface area contributed by atoms with Gasteiger partial charge in [-0.1, -0.05) is 127 Å². The van der Waals surface area contributed by atoms with Crippen LogP contribution in [0.25, 0.3) is 65.3 Å². The van der Waals surface area contributed by atoms with Crippen LogP contribution in [0.2, 0.25) is 0 Å². The van der Waals surface area contributed by atoms with Gasteiger partial charge in [-0.05, 0) is 71.4 Å². The molecule has 7 aromatic carbocycles. The maximum Gasteiger partial charge on any atom is 0.0629 e. The lowest BCUT2D eigenvalue weighted by Crippen LogP contribution is -1.91. The van der Waals surface area contributed by atoms with Crippen molar-refractivity contribution in [1.82, 2.24) is 0 Å². The van der Waals surface area contributed by atoms with Gasteiger partial charge < -0.3 is 0 Å². The molecule has 158 valence electrons. The second-order valence-corrected chi connectivity index (χ2v) is 8.63. The third kappa shape index (κ3) is 2.86. The molecule has 0 bridgehead atoms. The average Bonchev–Trinajstić information content (AvgIpc) is 2.97. The Labute approximate surface area is 204 Å². The first-order valence-corrected chi connectivity index (χ1v) is 11.5. The van der Waals surface area contributed by atoms with Crippen molar-refractivity contribution in [2.75, 3.05) is 0 Å². The number of rotatable bonds is 2. The van der Waals surface area contributed by atoms with Crippen LogP contribution in [-0.2, 0) is 0 Å². The van der Waals surface area contributed by atoms with Crippen LogP contribution in [0.1, 0.15) is 5.48 Å². The monoisotopic (exact) mass is 434 g/mol. The molecule has 0 aliphatic heterocycles. The molecule has 7 aromatic rings. The summed E-state index contributed by atoms with van der Waals surface area (Å²) in [7, 11) is 0. The van der Waals surface area contributed by atoms with Crippen molar-refractivity contribution >= 4 is 43.1 Å². The fourth-order valence-corrected chi connectivity index (χ4v) is 5.26. The van der Waals surface area contributed by atoms with E-state index in [0.717, 1.165) is 32.7 Å². The fraction of sp³-hybridized carbons (Fsp3) is 0. The first-order valence-electron chi connectivity index (χ1n) is 13.5. The van der Waals surface area contributed by atoms with Crippen molar-refractivity contribution < 1.29 is 5.48 Å². The molecular weight excluding hydrogens is 408 g/mol. The quantitative estimate of drug-likeness (QED) is 0.188. The van der Waals surface area contributed by atoms with Crippen LogP contribution < -0.4 is 0 Å². The summed E-state index contributed by atoms with van der Waals surface area (Å²) >= 11 is 0. The van der Waals surface area contributed by atoms with Crippen LogP contribution in [0.15, 0.2) is 133 Å². The molecule has 0 heterocycles. The molecule has 0 fully saturated rings. The molecule has 0 radical (unpaired) electrons.